The second-order valence-electron chi connectivity index (χ2n) is 6.06. The van der Waals surface area contributed by atoms with Gasteiger partial charge in [0, 0.05) is 5.57 Å². The highest BCUT2D eigenvalue weighted by molar-refractivity contribution is 6.88. The molecule has 0 saturated heterocycles. The first-order valence-corrected chi connectivity index (χ1v) is 10.0. The van der Waals surface area contributed by atoms with Crippen molar-refractivity contribution < 1.29 is 9.90 Å². The highest BCUT2D eigenvalue weighted by atomic mass is 28.3. The van der Waals surface area contributed by atoms with Gasteiger partial charge in [0.25, 0.3) is 0 Å². The lowest BCUT2D eigenvalue weighted by molar-refractivity contribution is -0.132. The third kappa shape index (κ3) is 3.94. The van der Waals surface area contributed by atoms with E-state index in [4.69, 9.17) is 0 Å². The van der Waals surface area contributed by atoms with Crippen molar-refractivity contribution in [1.82, 2.24) is 0 Å². The third-order valence-corrected chi connectivity index (χ3v) is 12.5. The van der Waals surface area contributed by atoms with Crippen LogP contribution in [0.15, 0.2) is 11.3 Å². The minimum Gasteiger partial charge on any atom is -0.478 e. The molecule has 19 heavy (non-hydrogen) atoms. The Hall–Kier alpha value is -0.573. The molecule has 0 bridgehead atoms. The molecule has 3 heteroatoms. The van der Waals surface area contributed by atoms with Crippen molar-refractivity contribution in [2.24, 2.45) is 0 Å². The van der Waals surface area contributed by atoms with E-state index in [0.29, 0.717) is 22.2 Å². The highest BCUT2D eigenvalue weighted by Crippen LogP contribution is 2.47. The molecule has 0 heterocycles. The highest BCUT2D eigenvalue weighted by Gasteiger charge is 2.44. The number of carbonyl (C=O) groups is 1. The fourth-order valence-electron chi connectivity index (χ4n) is 3.38. The standard InChI is InChI=1S/C16H32O2Si/c1-8-13(5)19(14(6)9-2,15(7)10-3)11-12(4)16(17)18/h11,13-15H,8-10H2,1-7H3,(H,17,18). The lowest BCUT2D eigenvalue weighted by Crippen LogP contribution is -2.45. The van der Waals surface area contributed by atoms with Crippen LogP contribution >= 0.6 is 0 Å². The zero-order valence-electron chi connectivity index (χ0n) is 13.8. The predicted molar refractivity (Wildman–Crippen MR) is 86.3 cm³/mol. The van der Waals surface area contributed by atoms with Gasteiger partial charge in [-0.05, 0) is 23.5 Å². The van der Waals surface area contributed by atoms with Gasteiger partial charge in [0.1, 0.15) is 0 Å². The molecule has 3 unspecified atom stereocenters. The van der Waals surface area contributed by atoms with Gasteiger partial charge in [0.15, 0.2) is 0 Å². The molecule has 3 atom stereocenters. The summed E-state index contributed by atoms with van der Waals surface area (Å²) in [7, 11) is -1.77. The normalized spacial score (nSPS) is 20.5. The summed E-state index contributed by atoms with van der Waals surface area (Å²) in [6.45, 7) is 15.5. The Morgan fingerprint density at radius 1 is 1.00 bits per heavy atom. The molecular weight excluding hydrogens is 252 g/mol. The molecule has 0 aromatic carbocycles. The first kappa shape index (κ1) is 18.4. The minimum atomic E-state index is -1.77. The van der Waals surface area contributed by atoms with Crippen LogP contribution in [0.1, 0.15) is 67.7 Å². The number of hydrogen-bond acceptors (Lipinski definition) is 1. The SMILES string of the molecule is CCC(C)[Si](C=C(C)C(=O)O)(C(C)CC)C(C)CC. The van der Waals surface area contributed by atoms with Crippen LogP contribution in [0.3, 0.4) is 0 Å². The van der Waals surface area contributed by atoms with Crippen LogP contribution in [0.4, 0.5) is 0 Å². The predicted octanol–water partition coefficient (Wildman–Crippen LogP) is 5.41. The minimum absolute atomic E-state index is 0.549. The fraction of sp³-hybridized carbons (Fsp3) is 0.812. The van der Waals surface area contributed by atoms with Crippen molar-refractivity contribution in [2.45, 2.75) is 84.4 Å². The van der Waals surface area contributed by atoms with Gasteiger partial charge >= 0.3 is 5.97 Å². The average molecular weight is 285 g/mol. The van der Waals surface area contributed by atoms with Crippen LogP contribution in [0.2, 0.25) is 16.6 Å². The molecule has 0 rings (SSSR count). The molecule has 112 valence electrons. The number of aliphatic carboxylic acids is 1. The topological polar surface area (TPSA) is 37.3 Å². The summed E-state index contributed by atoms with van der Waals surface area (Å²) in [5, 5.41) is 9.26. The van der Waals surface area contributed by atoms with E-state index < -0.39 is 14.0 Å². The van der Waals surface area contributed by atoms with E-state index in [9.17, 15) is 9.90 Å². The summed E-state index contributed by atoms with van der Waals surface area (Å²) in [6.07, 6.45) is 3.43. The summed E-state index contributed by atoms with van der Waals surface area (Å²) in [6, 6.07) is 0. The van der Waals surface area contributed by atoms with Gasteiger partial charge in [0.05, 0.1) is 8.07 Å². The van der Waals surface area contributed by atoms with Crippen LogP contribution in [0.5, 0.6) is 0 Å². The first-order valence-electron chi connectivity index (χ1n) is 7.70. The van der Waals surface area contributed by atoms with Gasteiger partial charge in [-0.15, -0.1) is 0 Å². The monoisotopic (exact) mass is 284 g/mol. The maximum atomic E-state index is 11.3. The maximum absolute atomic E-state index is 11.3. The Morgan fingerprint density at radius 3 is 1.53 bits per heavy atom. The van der Waals surface area contributed by atoms with E-state index in [-0.39, 0.29) is 0 Å². The number of hydrogen-bond donors (Lipinski definition) is 1. The first-order chi connectivity index (χ1) is 8.77. The van der Waals surface area contributed by atoms with Gasteiger partial charge in [0.2, 0.25) is 0 Å². The van der Waals surface area contributed by atoms with E-state index in [1.54, 1.807) is 6.92 Å². The van der Waals surface area contributed by atoms with Crippen LogP contribution in [0, 0.1) is 0 Å². The fourth-order valence-corrected chi connectivity index (χ4v) is 10.1. The molecule has 0 aliphatic rings. The van der Waals surface area contributed by atoms with E-state index in [2.05, 4.69) is 47.2 Å². The summed E-state index contributed by atoms with van der Waals surface area (Å²) in [5.74, 6) is -0.758. The van der Waals surface area contributed by atoms with Crippen molar-refractivity contribution in [3.8, 4) is 0 Å². The summed E-state index contributed by atoms with van der Waals surface area (Å²) in [4.78, 5) is 11.3. The molecule has 0 fully saturated rings. The van der Waals surface area contributed by atoms with Gasteiger partial charge in [-0.25, -0.2) is 4.79 Å². The maximum Gasteiger partial charge on any atom is 0.330 e. The van der Waals surface area contributed by atoms with Gasteiger partial charge in [-0.1, -0.05) is 66.5 Å². The Bertz CT molecular complexity index is 296. The van der Waals surface area contributed by atoms with E-state index in [1.165, 1.54) is 0 Å². The van der Waals surface area contributed by atoms with Crippen LogP contribution in [0.25, 0.3) is 0 Å². The molecule has 0 aliphatic heterocycles. The molecule has 0 radical (unpaired) electrons. The van der Waals surface area contributed by atoms with Crippen molar-refractivity contribution >= 4 is 14.0 Å². The molecule has 0 amide bonds. The van der Waals surface area contributed by atoms with Crippen molar-refractivity contribution in [3.63, 3.8) is 0 Å². The lowest BCUT2D eigenvalue weighted by Gasteiger charge is -2.44. The third-order valence-electron chi connectivity index (χ3n) is 5.20. The summed E-state index contributed by atoms with van der Waals surface area (Å²) >= 11 is 0. The van der Waals surface area contributed by atoms with Crippen molar-refractivity contribution in [1.29, 1.82) is 0 Å². The molecule has 0 aliphatic carbocycles. The second kappa shape index (κ2) is 7.88. The average Bonchev–Trinajstić information content (AvgIpc) is 2.41. The number of carboxylic acid groups (broad SMARTS) is 1. The second-order valence-corrected chi connectivity index (χ2v) is 11.3. The Labute approximate surface area is 120 Å². The zero-order valence-corrected chi connectivity index (χ0v) is 14.8. The Balaban J connectivity index is 5.89. The van der Waals surface area contributed by atoms with Gasteiger partial charge in [-0.3, -0.25) is 0 Å². The van der Waals surface area contributed by atoms with Crippen molar-refractivity contribution in [2.75, 3.05) is 0 Å². The summed E-state index contributed by atoms with van der Waals surface area (Å²) < 4.78 is 0. The molecule has 0 aromatic rings. The van der Waals surface area contributed by atoms with Crippen LogP contribution < -0.4 is 0 Å². The lowest BCUT2D eigenvalue weighted by atomic mass is 10.3. The van der Waals surface area contributed by atoms with Crippen molar-refractivity contribution in [3.05, 3.63) is 11.3 Å². The largest absolute Gasteiger partial charge is 0.478 e. The molecule has 0 saturated carbocycles. The number of rotatable bonds is 8. The molecular formula is C16H32O2Si. The molecule has 2 nitrogen and oxygen atoms in total. The van der Waals surface area contributed by atoms with E-state index in [0.717, 1.165) is 19.3 Å². The Morgan fingerprint density at radius 2 is 1.32 bits per heavy atom. The van der Waals surface area contributed by atoms with Gasteiger partial charge in [-0.2, -0.15) is 0 Å². The molecule has 0 aromatic heterocycles. The summed E-state index contributed by atoms with van der Waals surface area (Å²) in [5.41, 5.74) is 4.64. The van der Waals surface area contributed by atoms with E-state index in [1.807, 2.05) is 0 Å². The van der Waals surface area contributed by atoms with E-state index >= 15 is 0 Å². The number of carboxylic acids is 1. The molecule has 0 spiro atoms. The Kier molecular flexibility index (Phi) is 7.64. The van der Waals surface area contributed by atoms with Gasteiger partial charge < -0.3 is 5.11 Å². The quantitative estimate of drug-likeness (QED) is 0.478. The van der Waals surface area contributed by atoms with Crippen LogP contribution in [-0.4, -0.2) is 19.1 Å². The smallest absolute Gasteiger partial charge is 0.330 e. The zero-order chi connectivity index (χ0) is 15.2. The molecule has 1 N–H and O–H groups in total. The van der Waals surface area contributed by atoms with Crippen LogP contribution in [-0.2, 0) is 4.79 Å².